The van der Waals surface area contributed by atoms with Crippen molar-refractivity contribution >= 4 is 15.0 Å². The molecule has 13 heavy (non-hydrogen) atoms. The van der Waals surface area contributed by atoms with Gasteiger partial charge in [-0.05, 0) is 17.5 Å². The monoisotopic (exact) mass is 202 g/mol. The molecule has 0 rings (SSSR count). The normalized spacial score (nSPS) is 11.4. The molecule has 2 nitrogen and oxygen atoms in total. The Labute approximate surface area is 83.4 Å². The zero-order chi connectivity index (χ0) is 10.4. The van der Waals surface area contributed by atoms with Gasteiger partial charge < -0.3 is 4.43 Å². The minimum atomic E-state index is -1.32. The van der Waals surface area contributed by atoms with Crippen LogP contribution in [0.2, 0.25) is 11.1 Å². The van der Waals surface area contributed by atoms with Crippen LogP contribution in [-0.4, -0.2) is 15.0 Å². The van der Waals surface area contributed by atoms with Gasteiger partial charge in [-0.3, -0.25) is 4.79 Å². The van der Waals surface area contributed by atoms with Gasteiger partial charge in [-0.15, -0.1) is 0 Å². The van der Waals surface area contributed by atoms with Crippen LogP contribution >= 0.6 is 0 Å². The van der Waals surface area contributed by atoms with Gasteiger partial charge in [0.25, 0.3) is 5.97 Å². The maximum atomic E-state index is 11.3. The Kier molecular flexibility index (Phi) is 6.04. The van der Waals surface area contributed by atoms with Crippen LogP contribution < -0.4 is 0 Å². The van der Waals surface area contributed by atoms with Crippen molar-refractivity contribution in [1.29, 1.82) is 0 Å². The van der Waals surface area contributed by atoms with Gasteiger partial charge >= 0.3 is 0 Å². The van der Waals surface area contributed by atoms with Crippen LogP contribution in [0.1, 0.15) is 47.5 Å². The van der Waals surface area contributed by atoms with Crippen LogP contribution in [0.4, 0.5) is 0 Å². The predicted octanol–water partition coefficient (Wildman–Crippen LogP) is 2.87. The summed E-state index contributed by atoms with van der Waals surface area (Å²) in [4.78, 5) is 11.3. The van der Waals surface area contributed by atoms with Gasteiger partial charge in [0.05, 0.1) is 0 Å². The summed E-state index contributed by atoms with van der Waals surface area (Å²) in [7, 11) is -1.32. The molecule has 0 saturated carbocycles. The molecule has 0 N–H and O–H groups in total. The average Bonchev–Trinajstić information content (AvgIpc) is 1.99. The van der Waals surface area contributed by atoms with Gasteiger partial charge in [0.15, 0.2) is 0 Å². The van der Waals surface area contributed by atoms with Crippen molar-refractivity contribution in [3.63, 3.8) is 0 Å². The minimum absolute atomic E-state index is 0.00145. The molecule has 0 fully saturated rings. The van der Waals surface area contributed by atoms with E-state index in [0.717, 1.165) is 6.42 Å². The third-order valence-corrected chi connectivity index (χ3v) is 5.20. The van der Waals surface area contributed by atoms with Crippen molar-refractivity contribution in [3.8, 4) is 0 Å². The summed E-state index contributed by atoms with van der Waals surface area (Å²) < 4.78 is 5.51. The molecule has 0 saturated heterocycles. The molecule has 0 spiro atoms. The molecular formula is C10H22O2Si. The first-order valence-corrected chi connectivity index (χ1v) is 6.99. The van der Waals surface area contributed by atoms with Crippen molar-refractivity contribution in [2.24, 2.45) is 0 Å². The summed E-state index contributed by atoms with van der Waals surface area (Å²) in [5.74, 6) is 0.00145. The molecular weight excluding hydrogens is 180 g/mol. The van der Waals surface area contributed by atoms with E-state index in [1.807, 2.05) is 6.92 Å². The number of carbonyl (C=O) groups is 1. The minimum Gasteiger partial charge on any atom is -0.521 e. The maximum Gasteiger partial charge on any atom is 0.292 e. The molecule has 0 aromatic rings. The fraction of sp³-hybridized carbons (Fsp3) is 0.900. The lowest BCUT2D eigenvalue weighted by Crippen LogP contribution is -2.28. The molecule has 0 aliphatic carbocycles. The molecule has 0 aliphatic rings. The van der Waals surface area contributed by atoms with Crippen LogP contribution in [0.25, 0.3) is 0 Å². The first kappa shape index (κ1) is 12.7. The first-order chi connectivity index (χ1) is 5.99. The molecule has 0 unspecified atom stereocenters. The van der Waals surface area contributed by atoms with Crippen molar-refractivity contribution < 1.29 is 9.22 Å². The summed E-state index contributed by atoms with van der Waals surface area (Å²) in [6.07, 6.45) is 1.46. The lowest BCUT2D eigenvalue weighted by Gasteiger charge is -2.22. The van der Waals surface area contributed by atoms with E-state index in [1.165, 1.54) is 0 Å². The quantitative estimate of drug-likeness (QED) is 0.641. The van der Waals surface area contributed by atoms with Crippen molar-refractivity contribution in [2.75, 3.05) is 0 Å². The van der Waals surface area contributed by atoms with E-state index in [-0.39, 0.29) is 5.97 Å². The van der Waals surface area contributed by atoms with Crippen molar-refractivity contribution in [2.45, 2.75) is 58.5 Å². The second-order valence-corrected chi connectivity index (χ2v) is 8.02. The maximum absolute atomic E-state index is 11.3. The van der Waals surface area contributed by atoms with E-state index in [9.17, 15) is 4.79 Å². The fourth-order valence-corrected chi connectivity index (χ4v) is 3.96. The molecule has 0 heterocycles. The zero-order valence-electron chi connectivity index (χ0n) is 9.46. The molecule has 78 valence electrons. The highest BCUT2D eigenvalue weighted by molar-refractivity contribution is 6.56. The molecule has 0 aromatic heterocycles. The second kappa shape index (κ2) is 6.19. The highest BCUT2D eigenvalue weighted by Gasteiger charge is 2.24. The Bertz CT molecular complexity index is 147. The van der Waals surface area contributed by atoms with Gasteiger partial charge in [0.2, 0.25) is 9.04 Å². The molecule has 0 aliphatic heterocycles. The van der Waals surface area contributed by atoms with E-state index in [2.05, 4.69) is 27.7 Å². The van der Waals surface area contributed by atoms with Gasteiger partial charge in [-0.2, -0.15) is 0 Å². The predicted molar refractivity (Wildman–Crippen MR) is 58.3 cm³/mol. The summed E-state index contributed by atoms with van der Waals surface area (Å²) in [5, 5.41) is 0. The Morgan fingerprint density at radius 2 is 1.69 bits per heavy atom. The summed E-state index contributed by atoms with van der Waals surface area (Å²) in [6, 6.07) is 0. The molecule has 0 bridgehead atoms. The molecule has 0 radical (unpaired) electrons. The number of hydrogen-bond donors (Lipinski definition) is 0. The standard InChI is InChI=1S/C10H22O2Si/c1-6-7-10(11)12-13(8(2)3)9(4)5/h8-9,13H,6-7H2,1-5H3. The average molecular weight is 202 g/mol. The third kappa shape index (κ3) is 5.08. The van der Waals surface area contributed by atoms with Crippen LogP contribution in [0.5, 0.6) is 0 Å². The van der Waals surface area contributed by atoms with E-state index in [4.69, 9.17) is 4.43 Å². The van der Waals surface area contributed by atoms with Gasteiger partial charge in [0.1, 0.15) is 0 Å². The largest absolute Gasteiger partial charge is 0.521 e. The molecule has 0 aromatic carbocycles. The second-order valence-electron chi connectivity index (χ2n) is 4.19. The van der Waals surface area contributed by atoms with E-state index < -0.39 is 9.04 Å². The Morgan fingerprint density at radius 1 is 1.23 bits per heavy atom. The first-order valence-electron chi connectivity index (χ1n) is 5.18. The number of rotatable bonds is 5. The highest BCUT2D eigenvalue weighted by Crippen LogP contribution is 2.21. The van der Waals surface area contributed by atoms with Crippen molar-refractivity contribution in [3.05, 3.63) is 0 Å². The number of hydrogen-bond acceptors (Lipinski definition) is 2. The van der Waals surface area contributed by atoms with E-state index >= 15 is 0 Å². The Morgan fingerprint density at radius 3 is 2.00 bits per heavy atom. The van der Waals surface area contributed by atoms with Crippen molar-refractivity contribution in [1.82, 2.24) is 0 Å². The van der Waals surface area contributed by atoms with Gasteiger partial charge in [-0.1, -0.05) is 34.6 Å². The smallest absolute Gasteiger partial charge is 0.292 e. The SMILES string of the molecule is CCCC(=O)O[SiH](C(C)C)C(C)C. The third-order valence-electron chi connectivity index (χ3n) is 2.04. The summed E-state index contributed by atoms with van der Waals surface area (Å²) in [6.45, 7) is 10.6. The summed E-state index contributed by atoms with van der Waals surface area (Å²) >= 11 is 0. The Balaban J connectivity index is 4.02. The molecule has 3 heteroatoms. The van der Waals surface area contributed by atoms with E-state index in [1.54, 1.807) is 0 Å². The van der Waals surface area contributed by atoms with Gasteiger partial charge in [-0.25, -0.2) is 0 Å². The molecule has 0 amide bonds. The van der Waals surface area contributed by atoms with Crippen LogP contribution in [0.15, 0.2) is 0 Å². The Hall–Kier alpha value is -0.313. The van der Waals surface area contributed by atoms with Crippen LogP contribution in [-0.2, 0) is 9.22 Å². The highest BCUT2D eigenvalue weighted by atomic mass is 28.3. The lowest BCUT2D eigenvalue weighted by atomic mass is 10.4. The summed E-state index contributed by atoms with van der Waals surface area (Å²) in [5.41, 5.74) is 1.08. The molecule has 0 atom stereocenters. The van der Waals surface area contributed by atoms with Gasteiger partial charge in [0, 0.05) is 6.42 Å². The number of carbonyl (C=O) groups excluding carboxylic acids is 1. The topological polar surface area (TPSA) is 26.3 Å². The van der Waals surface area contributed by atoms with E-state index in [0.29, 0.717) is 17.5 Å². The lowest BCUT2D eigenvalue weighted by molar-refractivity contribution is -0.135. The fourth-order valence-electron chi connectivity index (χ4n) is 1.46. The van der Waals surface area contributed by atoms with Crippen LogP contribution in [0.3, 0.4) is 0 Å². The van der Waals surface area contributed by atoms with Crippen LogP contribution in [0, 0.1) is 0 Å². The zero-order valence-corrected chi connectivity index (χ0v) is 10.6.